The van der Waals surface area contributed by atoms with Crippen LogP contribution in [0.4, 0.5) is 0 Å². The van der Waals surface area contributed by atoms with Crippen molar-refractivity contribution >= 4 is 16.7 Å². The molecule has 0 unspecified atom stereocenters. The number of nitriles is 1. The normalized spacial score (nSPS) is 13.2. The minimum absolute atomic E-state index is 0.0786. The standard InChI is InChI=1S/C24H22N6O/c1-29-22-9-10-26-14-20(22)28-24(29)23(31)11-15-5-3-6-16(18(15)12-25)17-7-4-8-21-19(17)13-27-30(21)2/h3-8,13,26H,9-11,14H2,1-2H3. The molecule has 31 heavy (non-hydrogen) atoms. The number of aromatic nitrogens is 4. The van der Waals surface area contributed by atoms with Crippen molar-refractivity contribution in [3.8, 4) is 17.2 Å². The van der Waals surface area contributed by atoms with Crippen LogP contribution >= 0.6 is 0 Å². The molecule has 7 heteroatoms. The Morgan fingerprint density at radius 1 is 1.19 bits per heavy atom. The summed E-state index contributed by atoms with van der Waals surface area (Å²) < 4.78 is 3.72. The fourth-order valence-corrected chi connectivity index (χ4v) is 4.47. The number of imidazole rings is 1. The number of hydrogen-bond donors (Lipinski definition) is 1. The van der Waals surface area contributed by atoms with Crippen LogP contribution in [-0.2, 0) is 33.5 Å². The molecular formula is C24H22N6O. The molecule has 0 atom stereocenters. The topological polar surface area (TPSA) is 88.5 Å². The second kappa shape index (κ2) is 7.49. The summed E-state index contributed by atoms with van der Waals surface area (Å²) in [6.07, 6.45) is 2.81. The van der Waals surface area contributed by atoms with Crippen LogP contribution in [-0.4, -0.2) is 31.7 Å². The van der Waals surface area contributed by atoms with Gasteiger partial charge in [0.2, 0.25) is 5.78 Å². The molecule has 0 spiro atoms. The zero-order chi connectivity index (χ0) is 21.5. The zero-order valence-electron chi connectivity index (χ0n) is 17.5. The molecule has 2 aromatic carbocycles. The zero-order valence-corrected chi connectivity index (χ0v) is 17.5. The third-order valence-electron chi connectivity index (χ3n) is 6.07. The van der Waals surface area contributed by atoms with Gasteiger partial charge < -0.3 is 9.88 Å². The summed E-state index contributed by atoms with van der Waals surface area (Å²) >= 11 is 0. The summed E-state index contributed by atoms with van der Waals surface area (Å²) in [5, 5.41) is 18.6. The molecule has 0 saturated heterocycles. The van der Waals surface area contributed by atoms with Crippen molar-refractivity contribution in [2.45, 2.75) is 19.4 Å². The summed E-state index contributed by atoms with van der Waals surface area (Å²) in [7, 11) is 3.80. The van der Waals surface area contributed by atoms with E-state index in [1.165, 1.54) is 0 Å². The molecular weight excluding hydrogens is 388 g/mol. The molecule has 1 aliphatic heterocycles. The molecule has 7 nitrogen and oxygen atoms in total. The van der Waals surface area contributed by atoms with Gasteiger partial charge in [-0.15, -0.1) is 0 Å². The lowest BCUT2D eigenvalue weighted by molar-refractivity contribution is 0.0979. The summed E-state index contributed by atoms with van der Waals surface area (Å²) in [4.78, 5) is 17.7. The lowest BCUT2D eigenvalue weighted by Gasteiger charge is -2.13. The molecule has 4 aromatic rings. The average Bonchev–Trinajstić information content (AvgIpc) is 3.34. The maximum Gasteiger partial charge on any atom is 0.202 e. The number of benzene rings is 2. The van der Waals surface area contributed by atoms with Crippen LogP contribution in [0.5, 0.6) is 0 Å². The highest BCUT2D eigenvalue weighted by atomic mass is 16.1. The highest BCUT2D eigenvalue weighted by Crippen LogP contribution is 2.32. The Morgan fingerprint density at radius 2 is 2.00 bits per heavy atom. The molecule has 3 heterocycles. The number of aryl methyl sites for hydroxylation is 1. The second-order valence-electron chi connectivity index (χ2n) is 7.87. The van der Waals surface area contributed by atoms with E-state index in [0.717, 1.165) is 46.4 Å². The molecule has 154 valence electrons. The Hall–Kier alpha value is -3.76. The number of ketones is 1. The Morgan fingerprint density at radius 3 is 2.81 bits per heavy atom. The molecule has 0 amide bonds. The van der Waals surface area contributed by atoms with Crippen molar-refractivity contribution in [1.29, 1.82) is 5.26 Å². The van der Waals surface area contributed by atoms with Gasteiger partial charge in [-0.3, -0.25) is 9.48 Å². The van der Waals surface area contributed by atoms with E-state index in [1.54, 1.807) is 0 Å². The Kier molecular flexibility index (Phi) is 4.64. The lowest BCUT2D eigenvalue weighted by atomic mass is 9.92. The van der Waals surface area contributed by atoms with Gasteiger partial charge in [0.1, 0.15) is 6.07 Å². The molecule has 0 saturated carbocycles. The maximum absolute atomic E-state index is 13.2. The van der Waals surface area contributed by atoms with Gasteiger partial charge in [0.05, 0.1) is 23.0 Å². The number of carbonyl (C=O) groups is 1. The summed E-state index contributed by atoms with van der Waals surface area (Å²) in [6.45, 7) is 1.57. The minimum atomic E-state index is -0.0786. The number of nitrogens with zero attached hydrogens (tertiary/aromatic N) is 5. The Balaban J connectivity index is 1.55. The lowest BCUT2D eigenvalue weighted by Crippen LogP contribution is -2.24. The summed E-state index contributed by atoms with van der Waals surface area (Å²) in [5.41, 5.74) is 6.03. The van der Waals surface area contributed by atoms with Gasteiger partial charge >= 0.3 is 0 Å². The van der Waals surface area contributed by atoms with Crippen molar-refractivity contribution in [2.75, 3.05) is 6.54 Å². The molecule has 0 radical (unpaired) electrons. The number of Topliss-reactive ketones (excluding diaryl/α,β-unsaturated/α-hetero) is 1. The first-order valence-corrected chi connectivity index (χ1v) is 10.3. The highest BCUT2D eigenvalue weighted by Gasteiger charge is 2.23. The molecule has 5 rings (SSSR count). The van der Waals surface area contributed by atoms with E-state index < -0.39 is 0 Å². The largest absolute Gasteiger partial charge is 0.328 e. The van der Waals surface area contributed by atoms with Gasteiger partial charge in [0, 0.05) is 56.7 Å². The Bertz CT molecular complexity index is 1370. The fraction of sp³-hybridized carbons (Fsp3) is 0.250. The van der Waals surface area contributed by atoms with Crippen LogP contribution in [0.15, 0.2) is 42.6 Å². The van der Waals surface area contributed by atoms with E-state index in [0.29, 0.717) is 23.5 Å². The number of carbonyl (C=O) groups excluding carboxylic acids is 1. The van der Waals surface area contributed by atoms with Gasteiger partial charge in [-0.1, -0.05) is 30.3 Å². The average molecular weight is 410 g/mol. The molecule has 1 N–H and O–H groups in total. The summed E-state index contributed by atoms with van der Waals surface area (Å²) in [5.74, 6) is 0.377. The van der Waals surface area contributed by atoms with Crippen LogP contribution in [0.1, 0.15) is 33.1 Å². The van der Waals surface area contributed by atoms with Gasteiger partial charge in [0.25, 0.3) is 0 Å². The SMILES string of the molecule is Cn1c(C(=O)Cc2cccc(-c3cccc4c3cnn4C)c2C#N)nc2c1CCNC2. The number of hydrogen-bond acceptors (Lipinski definition) is 5. The summed E-state index contributed by atoms with van der Waals surface area (Å²) in [6, 6.07) is 14.0. The number of fused-ring (bicyclic) bond motifs is 2. The molecule has 0 fully saturated rings. The van der Waals surface area contributed by atoms with Crippen molar-refractivity contribution in [3.63, 3.8) is 0 Å². The van der Waals surface area contributed by atoms with Crippen LogP contribution in [0.3, 0.4) is 0 Å². The van der Waals surface area contributed by atoms with E-state index in [1.807, 2.05) is 65.9 Å². The molecule has 0 bridgehead atoms. The van der Waals surface area contributed by atoms with Gasteiger partial charge in [-0.05, 0) is 17.2 Å². The van der Waals surface area contributed by atoms with Crippen LogP contribution in [0, 0.1) is 11.3 Å². The van der Waals surface area contributed by atoms with E-state index >= 15 is 0 Å². The molecule has 1 aliphatic rings. The van der Waals surface area contributed by atoms with Crippen molar-refractivity contribution in [3.05, 3.63) is 70.9 Å². The third kappa shape index (κ3) is 3.13. The van der Waals surface area contributed by atoms with Crippen LogP contribution < -0.4 is 5.32 Å². The van der Waals surface area contributed by atoms with Crippen molar-refractivity contribution in [1.82, 2.24) is 24.6 Å². The predicted molar refractivity (Wildman–Crippen MR) is 118 cm³/mol. The monoisotopic (exact) mass is 410 g/mol. The highest BCUT2D eigenvalue weighted by molar-refractivity contribution is 5.98. The Labute approximate surface area is 179 Å². The van der Waals surface area contributed by atoms with Crippen molar-refractivity contribution in [2.24, 2.45) is 14.1 Å². The molecule has 0 aliphatic carbocycles. The maximum atomic E-state index is 13.2. The quantitative estimate of drug-likeness (QED) is 0.523. The van der Waals surface area contributed by atoms with E-state index in [9.17, 15) is 10.1 Å². The number of rotatable bonds is 4. The first-order valence-electron chi connectivity index (χ1n) is 10.3. The van der Waals surface area contributed by atoms with Crippen molar-refractivity contribution < 1.29 is 4.79 Å². The minimum Gasteiger partial charge on any atom is -0.328 e. The van der Waals surface area contributed by atoms with E-state index in [2.05, 4.69) is 21.5 Å². The first-order chi connectivity index (χ1) is 15.1. The van der Waals surface area contributed by atoms with Gasteiger partial charge in [-0.25, -0.2) is 4.98 Å². The second-order valence-corrected chi connectivity index (χ2v) is 7.87. The van der Waals surface area contributed by atoms with Gasteiger partial charge in [0.15, 0.2) is 5.82 Å². The van der Waals surface area contributed by atoms with Crippen LogP contribution in [0.2, 0.25) is 0 Å². The van der Waals surface area contributed by atoms with Gasteiger partial charge in [-0.2, -0.15) is 10.4 Å². The predicted octanol–water partition coefficient (Wildman–Crippen LogP) is 2.92. The molecule has 2 aromatic heterocycles. The van der Waals surface area contributed by atoms with E-state index in [-0.39, 0.29) is 12.2 Å². The first kappa shape index (κ1) is 19.2. The smallest absolute Gasteiger partial charge is 0.202 e. The number of nitrogens with one attached hydrogen (secondary N) is 1. The van der Waals surface area contributed by atoms with E-state index in [4.69, 9.17) is 0 Å². The fourth-order valence-electron chi connectivity index (χ4n) is 4.47. The van der Waals surface area contributed by atoms with Crippen LogP contribution in [0.25, 0.3) is 22.0 Å². The third-order valence-corrected chi connectivity index (χ3v) is 6.07.